The number of aliphatic hydroxyl groups excluding tert-OH is 2. The van der Waals surface area contributed by atoms with Crippen molar-refractivity contribution < 1.29 is 10.2 Å². The van der Waals surface area contributed by atoms with Crippen LogP contribution in [0.1, 0.15) is 33.1 Å². The summed E-state index contributed by atoms with van der Waals surface area (Å²) in [4.78, 5) is 2.26. The van der Waals surface area contributed by atoms with E-state index in [1.165, 1.54) is 0 Å². The van der Waals surface area contributed by atoms with Gasteiger partial charge in [-0.2, -0.15) is 0 Å². The summed E-state index contributed by atoms with van der Waals surface area (Å²) in [7, 11) is 0. The molecule has 0 saturated carbocycles. The van der Waals surface area contributed by atoms with Gasteiger partial charge in [-0.05, 0) is 26.2 Å². The lowest BCUT2D eigenvalue weighted by atomic mass is 10.0. The lowest BCUT2D eigenvalue weighted by Gasteiger charge is -2.36. The van der Waals surface area contributed by atoms with E-state index in [0.29, 0.717) is 6.04 Å². The third-order valence-electron chi connectivity index (χ3n) is 2.90. The second-order valence-corrected chi connectivity index (χ2v) is 4.08. The largest absolute Gasteiger partial charge is 0.393 e. The average molecular weight is 187 g/mol. The third kappa shape index (κ3) is 3.25. The normalized spacial score (nSPS) is 33.2. The number of aliphatic hydroxyl groups is 2. The zero-order valence-electron chi connectivity index (χ0n) is 8.61. The average Bonchev–Trinajstić information content (AvgIpc) is 2.09. The van der Waals surface area contributed by atoms with Gasteiger partial charge in [0.05, 0.1) is 12.2 Å². The molecule has 0 spiro atoms. The first-order valence-electron chi connectivity index (χ1n) is 5.23. The van der Waals surface area contributed by atoms with Gasteiger partial charge >= 0.3 is 0 Å². The maximum absolute atomic E-state index is 9.49. The Morgan fingerprint density at radius 1 is 1.54 bits per heavy atom. The molecule has 2 N–H and O–H groups in total. The maximum atomic E-state index is 9.49. The van der Waals surface area contributed by atoms with Crippen molar-refractivity contribution in [1.82, 2.24) is 4.90 Å². The molecule has 1 aliphatic rings. The van der Waals surface area contributed by atoms with Gasteiger partial charge in [-0.15, -0.1) is 0 Å². The Morgan fingerprint density at radius 3 is 2.77 bits per heavy atom. The summed E-state index contributed by atoms with van der Waals surface area (Å²) >= 11 is 0. The summed E-state index contributed by atoms with van der Waals surface area (Å²) in [6.45, 7) is 5.78. The molecule has 1 rings (SSSR count). The molecule has 1 unspecified atom stereocenters. The van der Waals surface area contributed by atoms with Gasteiger partial charge in [-0.1, -0.05) is 6.92 Å². The van der Waals surface area contributed by atoms with Crippen molar-refractivity contribution in [3.63, 3.8) is 0 Å². The number of hydrogen-bond donors (Lipinski definition) is 2. The minimum atomic E-state index is -0.210. The molecule has 0 radical (unpaired) electrons. The highest BCUT2D eigenvalue weighted by molar-refractivity contribution is 4.79. The molecule has 0 bridgehead atoms. The van der Waals surface area contributed by atoms with E-state index in [2.05, 4.69) is 11.8 Å². The summed E-state index contributed by atoms with van der Waals surface area (Å²) in [6, 6.07) is 0.407. The van der Waals surface area contributed by atoms with Gasteiger partial charge in [-0.25, -0.2) is 0 Å². The number of rotatable bonds is 3. The molecule has 0 aromatic heterocycles. The molecule has 3 nitrogen and oxygen atoms in total. The first-order valence-corrected chi connectivity index (χ1v) is 5.23. The smallest absolute Gasteiger partial charge is 0.0664 e. The predicted octanol–water partition coefficient (Wildman–Crippen LogP) is 0.602. The minimum Gasteiger partial charge on any atom is -0.393 e. The fourth-order valence-electron chi connectivity index (χ4n) is 1.87. The van der Waals surface area contributed by atoms with Gasteiger partial charge in [0, 0.05) is 19.1 Å². The highest BCUT2D eigenvalue weighted by Gasteiger charge is 2.24. The minimum absolute atomic E-state index is 0.134. The van der Waals surface area contributed by atoms with Crippen LogP contribution in [0.3, 0.4) is 0 Å². The van der Waals surface area contributed by atoms with Crippen molar-refractivity contribution >= 4 is 0 Å². The maximum Gasteiger partial charge on any atom is 0.0664 e. The Balaban J connectivity index is 2.33. The molecular weight excluding hydrogens is 166 g/mol. The van der Waals surface area contributed by atoms with Crippen molar-refractivity contribution in [2.75, 3.05) is 13.1 Å². The first kappa shape index (κ1) is 11.0. The van der Waals surface area contributed by atoms with Crippen LogP contribution in [-0.2, 0) is 0 Å². The standard InChI is InChI=1S/C10H21NO2/c1-3-9(12)7-11-5-4-10(13)6-8(11)2/h8-10,12-13H,3-7H2,1-2H3/t8-,9?,10-/m0/s1. The molecule has 0 amide bonds. The van der Waals surface area contributed by atoms with Crippen LogP contribution < -0.4 is 0 Å². The summed E-state index contributed by atoms with van der Waals surface area (Å²) in [5, 5.41) is 18.9. The SMILES string of the molecule is CCC(O)CN1CC[C@H](O)C[C@@H]1C. The van der Waals surface area contributed by atoms with Gasteiger partial charge < -0.3 is 10.2 Å². The van der Waals surface area contributed by atoms with Crippen molar-refractivity contribution in [3.05, 3.63) is 0 Å². The molecule has 78 valence electrons. The van der Waals surface area contributed by atoms with Gasteiger partial charge in [0.2, 0.25) is 0 Å². The Bertz CT molecular complexity index is 152. The molecular formula is C10H21NO2. The fourth-order valence-corrected chi connectivity index (χ4v) is 1.87. The predicted molar refractivity (Wildman–Crippen MR) is 52.6 cm³/mol. The van der Waals surface area contributed by atoms with E-state index in [4.69, 9.17) is 0 Å². The monoisotopic (exact) mass is 187 g/mol. The van der Waals surface area contributed by atoms with Crippen LogP contribution in [0, 0.1) is 0 Å². The Labute approximate surface area is 80.4 Å². The van der Waals surface area contributed by atoms with E-state index in [9.17, 15) is 10.2 Å². The molecule has 3 atom stereocenters. The van der Waals surface area contributed by atoms with Crippen LogP contribution in [0.4, 0.5) is 0 Å². The molecule has 13 heavy (non-hydrogen) atoms. The number of piperidine rings is 1. The zero-order valence-corrected chi connectivity index (χ0v) is 8.61. The number of hydrogen-bond acceptors (Lipinski definition) is 3. The van der Waals surface area contributed by atoms with Gasteiger partial charge in [0.15, 0.2) is 0 Å². The van der Waals surface area contributed by atoms with E-state index in [-0.39, 0.29) is 12.2 Å². The van der Waals surface area contributed by atoms with Crippen LogP contribution in [0.25, 0.3) is 0 Å². The summed E-state index contributed by atoms with van der Waals surface area (Å²) in [5.41, 5.74) is 0. The van der Waals surface area contributed by atoms with Gasteiger partial charge in [0.1, 0.15) is 0 Å². The third-order valence-corrected chi connectivity index (χ3v) is 2.90. The van der Waals surface area contributed by atoms with Crippen LogP contribution in [0.5, 0.6) is 0 Å². The highest BCUT2D eigenvalue weighted by Crippen LogP contribution is 2.17. The molecule has 1 aliphatic heterocycles. The quantitative estimate of drug-likeness (QED) is 0.680. The molecule has 1 heterocycles. The number of β-amino-alcohol motifs (C(OH)–C–C–N with tert-alkyl or cyclic N) is 1. The summed E-state index contributed by atoms with van der Waals surface area (Å²) < 4.78 is 0. The molecule has 1 saturated heterocycles. The Hall–Kier alpha value is -0.120. The molecule has 1 fully saturated rings. The molecule has 3 heteroatoms. The van der Waals surface area contributed by atoms with Crippen molar-refractivity contribution in [2.24, 2.45) is 0 Å². The molecule has 0 aromatic rings. The molecule has 0 aliphatic carbocycles. The Morgan fingerprint density at radius 2 is 2.23 bits per heavy atom. The van der Waals surface area contributed by atoms with E-state index in [1.54, 1.807) is 0 Å². The van der Waals surface area contributed by atoms with E-state index < -0.39 is 0 Å². The van der Waals surface area contributed by atoms with E-state index >= 15 is 0 Å². The molecule has 0 aromatic carbocycles. The summed E-state index contributed by atoms with van der Waals surface area (Å²) in [6.07, 6.45) is 2.16. The number of nitrogens with zero attached hydrogens (tertiary/aromatic N) is 1. The van der Waals surface area contributed by atoms with Crippen LogP contribution >= 0.6 is 0 Å². The second-order valence-electron chi connectivity index (χ2n) is 4.08. The van der Waals surface area contributed by atoms with E-state index in [0.717, 1.165) is 32.4 Å². The van der Waals surface area contributed by atoms with Gasteiger partial charge in [0.25, 0.3) is 0 Å². The number of likely N-dealkylation sites (tertiary alicyclic amines) is 1. The van der Waals surface area contributed by atoms with Crippen LogP contribution in [0.2, 0.25) is 0 Å². The highest BCUT2D eigenvalue weighted by atomic mass is 16.3. The topological polar surface area (TPSA) is 43.7 Å². The first-order chi connectivity index (χ1) is 6.13. The summed E-state index contributed by atoms with van der Waals surface area (Å²) in [5.74, 6) is 0. The lowest BCUT2D eigenvalue weighted by Crippen LogP contribution is -2.45. The van der Waals surface area contributed by atoms with Crippen LogP contribution in [0.15, 0.2) is 0 Å². The second kappa shape index (κ2) is 4.94. The van der Waals surface area contributed by atoms with Crippen molar-refractivity contribution in [1.29, 1.82) is 0 Å². The zero-order chi connectivity index (χ0) is 9.84. The van der Waals surface area contributed by atoms with E-state index in [1.807, 2.05) is 6.92 Å². The lowest BCUT2D eigenvalue weighted by molar-refractivity contribution is 0.0195. The van der Waals surface area contributed by atoms with Crippen LogP contribution in [-0.4, -0.2) is 46.5 Å². The van der Waals surface area contributed by atoms with Crippen molar-refractivity contribution in [3.8, 4) is 0 Å². The van der Waals surface area contributed by atoms with Gasteiger partial charge in [-0.3, -0.25) is 4.90 Å². The fraction of sp³-hybridized carbons (Fsp3) is 1.00. The van der Waals surface area contributed by atoms with Crippen molar-refractivity contribution in [2.45, 2.75) is 51.4 Å². The Kier molecular flexibility index (Phi) is 4.16.